The third kappa shape index (κ3) is 1.58. The van der Waals surface area contributed by atoms with Gasteiger partial charge in [0.05, 0.1) is 0 Å². The molecule has 20 heavy (non-hydrogen) atoms. The Morgan fingerprint density at radius 3 is 2.95 bits per heavy atom. The van der Waals surface area contributed by atoms with Crippen LogP contribution < -0.4 is 10.0 Å². The summed E-state index contributed by atoms with van der Waals surface area (Å²) in [7, 11) is 0. The van der Waals surface area contributed by atoms with Crippen LogP contribution in [0.2, 0.25) is 0 Å². The molecular formula is C8H6N8O4. The fourth-order valence-electron chi connectivity index (χ4n) is 1.77. The summed E-state index contributed by atoms with van der Waals surface area (Å²) in [6.45, 7) is 0.120. The van der Waals surface area contributed by atoms with Crippen LogP contribution in [0.1, 0.15) is 12.1 Å². The summed E-state index contributed by atoms with van der Waals surface area (Å²) in [4.78, 5) is 7.91. The molecule has 1 saturated heterocycles. The molecule has 0 radical (unpaired) electrons. The Morgan fingerprint density at radius 1 is 1.25 bits per heavy atom. The average molecular weight is 278 g/mol. The van der Waals surface area contributed by atoms with Crippen LogP contribution in [0.5, 0.6) is 0 Å². The first-order chi connectivity index (χ1) is 9.93. The third-order valence-electron chi connectivity index (χ3n) is 2.55. The molecule has 0 N–H and O–H groups in total. The lowest BCUT2D eigenvalue weighted by atomic mass is 10.5. The van der Waals surface area contributed by atoms with E-state index in [2.05, 4.69) is 30.5 Å². The van der Waals surface area contributed by atoms with E-state index in [1.165, 1.54) is 29.1 Å². The predicted molar refractivity (Wildman–Crippen MR) is 56.5 cm³/mol. The molecule has 1 fully saturated rings. The fourth-order valence-corrected chi connectivity index (χ4v) is 1.77. The van der Waals surface area contributed by atoms with E-state index in [0.29, 0.717) is 0 Å². The Bertz CT molecular complexity index is 611. The first-order valence-electron chi connectivity index (χ1n) is 5.41. The molecule has 0 bridgehead atoms. The molecule has 0 spiro atoms. The maximum absolute atomic E-state index is 5.58. The fraction of sp³-hybridized carbons (Fsp3) is 0.250. The second-order valence-corrected chi connectivity index (χ2v) is 3.62. The van der Waals surface area contributed by atoms with Crippen molar-refractivity contribution in [1.82, 2.24) is 30.5 Å². The van der Waals surface area contributed by atoms with Gasteiger partial charge in [0.15, 0.2) is 6.33 Å². The second kappa shape index (κ2) is 4.27. The van der Waals surface area contributed by atoms with E-state index < -0.39 is 6.23 Å². The van der Waals surface area contributed by atoms with Crippen LogP contribution in [0.3, 0.4) is 0 Å². The van der Waals surface area contributed by atoms with E-state index >= 15 is 0 Å². The van der Waals surface area contributed by atoms with Gasteiger partial charge in [-0.2, -0.15) is 15.0 Å². The van der Waals surface area contributed by atoms with Crippen molar-refractivity contribution in [3.05, 3.63) is 25.0 Å². The molecule has 0 saturated carbocycles. The number of hydrogen-bond donors (Lipinski definition) is 0. The number of hydrazine groups is 1. The summed E-state index contributed by atoms with van der Waals surface area (Å²) in [5.74, 6) is 0.499. The molecule has 4 heterocycles. The minimum absolute atomic E-state index is 0.120. The van der Waals surface area contributed by atoms with Crippen LogP contribution in [0, 0.1) is 0 Å². The van der Waals surface area contributed by atoms with Crippen LogP contribution >= 0.6 is 0 Å². The normalized spacial score (nSPS) is 18.9. The number of aromatic nitrogens is 6. The Labute approximate surface area is 109 Å². The lowest BCUT2D eigenvalue weighted by molar-refractivity contribution is 0.0876. The van der Waals surface area contributed by atoms with Gasteiger partial charge in [0.2, 0.25) is 19.0 Å². The van der Waals surface area contributed by atoms with Crippen molar-refractivity contribution < 1.29 is 18.2 Å². The van der Waals surface area contributed by atoms with E-state index in [1.54, 1.807) is 0 Å². The van der Waals surface area contributed by atoms with Crippen LogP contribution in [-0.2, 0) is 4.74 Å². The van der Waals surface area contributed by atoms with Gasteiger partial charge in [0.1, 0.15) is 6.73 Å². The Morgan fingerprint density at radius 2 is 2.25 bits per heavy atom. The Kier molecular flexibility index (Phi) is 2.32. The summed E-state index contributed by atoms with van der Waals surface area (Å²) in [6.07, 6.45) is 2.92. The van der Waals surface area contributed by atoms with Crippen molar-refractivity contribution in [1.29, 1.82) is 0 Å². The zero-order chi connectivity index (χ0) is 13.4. The smallest absolute Gasteiger partial charge is 0.345 e. The molecule has 0 aromatic carbocycles. The van der Waals surface area contributed by atoms with Crippen LogP contribution in [-0.4, -0.2) is 37.2 Å². The average Bonchev–Trinajstić information content (AvgIpc) is 3.23. The molecule has 0 aliphatic carbocycles. The van der Waals surface area contributed by atoms with Gasteiger partial charge in [0.25, 0.3) is 11.8 Å². The first kappa shape index (κ1) is 10.9. The number of anilines is 2. The summed E-state index contributed by atoms with van der Waals surface area (Å²) in [6, 6.07) is 0.163. The topological polar surface area (TPSA) is 132 Å². The number of hydrogen-bond acceptors (Lipinski definition) is 12. The Hall–Kier alpha value is -3.02. The number of ether oxygens (including phenoxy) is 1. The van der Waals surface area contributed by atoms with Crippen LogP contribution in [0.25, 0.3) is 0 Å². The standard InChI is InChI=1S/C8H6N8O4/c1-9-8(20-12-1)16-6(5-13-11-3-17-5)18-4-15(16)7-10-2-19-14-7/h1-3,6H,4H2. The lowest BCUT2D eigenvalue weighted by Crippen LogP contribution is -2.39. The summed E-state index contributed by atoms with van der Waals surface area (Å²) in [5, 5.41) is 17.7. The third-order valence-corrected chi connectivity index (χ3v) is 2.55. The van der Waals surface area contributed by atoms with Crippen molar-refractivity contribution in [3.63, 3.8) is 0 Å². The summed E-state index contributed by atoms with van der Waals surface area (Å²) >= 11 is 0. The van der Waals surface area contributed by atoms with Crippen molar-refractivity contribution in [2.24, 2.45) is 0 Å². The largest absolute Gasteiger partial charge is 0.423 e. The van der Waals surface area contributed by atoms with Gasteiger partial charge in [-0.3, -0.25) is 0 Å². The van der Waals surface area contributed by atoms with Crippen molar-refractivity contribution in [2.45, 2.75) is 6.23 Å². The van der Waals surface area contributed by atoms with Crippen LogP contribution in [0.15, 0.2) is 32.6 Å². The van der Waals surface area contributed by atoms with E-state index in [1.807, 2.05) is 0 Å². The van der Waals surface area contributed by atoms with Crippen molar-refractivity contribution in [3.8, 4) is 0 Å². The number of nitrogens with zero attached hydrogens (tertiary/aromatic N) is 8. The monoisotopic (exact) mass is 278 g/mol. The molecule has 3 aromatic rings. The molecule has 1 aliphatic heterocycles. The molecule has 3 aromatic heterocycles. The molecule has 102 valence electrons. The highest BCUT2D eigenvalue weighted by Crippen LogP contribution is 2.34. The maximum atomic E-state index is 5.58. The number of rotatable bonds is 3. The van der Waals surface area contributed by atoms with Crippen molar-refractivity contribution in [2.75, 3.05) is 16.7 Å². The molecular weight excluding hydrogens is 272 g/mol. The molecule has 1 unspecified atom stereocenters. The molecule has 1 aliphatic rings. The van der Waals surface area contributed by atoms with Gasteiger partial charge >= 0.3 is 6.01 Å². The SMILES string of the molecule is c1noc(N2C(c3nnco3)OCN2c2ncon2)n1. The summed E-state index contributed by atoms with van der Waals surface area (Å²) in [5.41, 5.74) is 0. The highest BCUT2D eigenvalue weighted by atomic mass is 16.6. The molecule has 12 heteroatoms. The van der Waals surface area contributed by atoms with Gasteiger partial charge in [0, 0.05) is 0 Å². The molecule has 0 amide bonds. The van der Waals surface area contributed by atoms with Gasteiger partial charge in [-0.15, -0.1) is 10.2 Å². The van der Waals surface area contributed by atoms with Crippen molar-refractivity contribution >= 4 is 12.0 Å². The van der Waals surface area contributed by atoms with E-state index in [0.717, 1.165) is 0 Å². The van der Waals surface area contributed by atoms with Gasteiger partial charge < -0.3 is 18.2 Å². The highest BCUT2D eigenvalue weighted by Gasteiger charge is 2.42. The minimum Gasteiger partial charge on any atom is -0.423 e. The summed E-state index contributed by atoms with van der Waals surface area (Å²) < 4.78 is 20.5. The van der Waals surface area contributed by atoms with E-state index in [9.17, 15) is 0 Å². The Balaban J connectivity index is 1.75. The molecule has 1 atom stereocenters. The minimum atomic E-state index is -0.726. The van der Waals surface area contributed by atoms with Crippen LogP contribution in [0.4, 0.5) is 12.0 Å². The zero-order valence-electron chi connectivity index (χ0n) is 9.73. The van der Waals surface area contributed by atoms with E-state index in [-0.39, 0.29) is 24.6 Å². The quantitative estimate of drug-likeness (QED) is 0.625. The van der Waals surface area contributed by atoms with Gasteiger partial charge in [-0.05, 0) is 5.16 Å². The lowest BCUT2D eigenvalue weighted by Gasteiger charge is -2.24. The predicted octanol–water partition coefficient (Wildman–Crippen LogP) is -0.250. The molecule has 4 rings (SSSR count). The second-order valence-electron chi connectivity index (χ2n) is 3.62. The van der Waals surface area contributed by atoms with Gasteiger partial charge in [-0.1, -0.05) is 5.16 Å². The maximum Gasteiger partial charge on any atom is 0.345 e. The first-order valence-corrected chi connectivity index (χ1v) is 5.41. The molecule has 12 nitrogen and oxygen atoms in total. The highest BCUT2D eigenvalue weighted by molar-refractivity contribution is 5.43. The zero-order valence-corrected chi connectivity index (χ0v) is 9.73. The van der Waals surface area contributed by atoms with E-state index in [4.69, 9.17) is 18.2 Å². The van der Waals surface area contributed by atoms with Gasteiger partial charge in [-0.25, -0.2) is 5.01 Å².